The van der Waals surface area contributed by atoms with Gasteiger partial charge in [0.2, 0.25) is 0 Å². The Morgan fingerprint density at radius 3 is 2.81 bits per heavy atom. The average Bonchev–Trinajstić information content (AvgIpc) is 2.76. The van der Waals surface area contributed by atoms with E-state index in [9.17, 15) is 0 Å². The Kier molecular flexibility index (Phi) is 3.20. The predicted octanol–water partition coefficient (Wildman–Crippen LogP) is 4.41. The zero-order valence-electron chi connectivity index (χ0n) is 9.33. The standard InChI is InChI=1S/C13H14ClNO/c1-9-3-4-12(14)13(7-9)15-10(2)11-5-6-16-8-11/h3-8,10,15H,1-2H3. The molecule has 0 bridgehead atoms. The number of furan rings is 1. The Labute approximate surface area is 100 Å². The molecule has 16 heavy (non-hydrogen) atoms. The molecule has 1 N–H and O–H groups in total. The molecular weight excluding hydrogens is 222 g/mol. The summed E-state index contributed by atoms with van der Waals surface area (Å²) in [5.74, 6) is 0. The first-order chi connectivity index (χ1) is 7.66. The van der Waals surface area contributed by atoms with Crippen LogP contribution in [0.25, 0.3) is 0 Å². The summed E-state index contributed by atoms with van der Waals surface area (Å²) in [6.45, 7) is 4.12. The monoisotopic (exact) mass is 235 g/mol. The van der Waals surface area contributed by atoms with Crippen LogP contribution in [0.15, 0.2) is 41.2 Å². The molecule has 2 aromatic rings. The Bertz CT molecular complexity index is 465. The summed E-state index contributed by atoms with van der Waals surface area (Å²) in [5.41, 5.74) is 3.25. The highest BCUT2D eigenvalue weighted by Crippen LogP contribution is 2.27. The van der Waals surface area contributed by atoms with Crippen molar-refractivity contribution in [2.24, 2.45) is 0 Å². The molecule has 0 aliphatic heterocycles. The van der Waals surface area contributed by atoms with E-state index in [1.54, 1.807) is 12.5 Å². The Hall–Kier alpha value is -1.41. The van der Waals surface area contributed by atoms with Gasteiger partial charge in [0.15, 0.2) is 0 Å². The van der Waals surface area contributed by atoms with Crippen molar-refractivity contribution in [2.75, 3.05) is 5.32 Å². The van der Waals surface area contributed by atoms with E-state index in [-0.39, 0.29) is 6.04 Å². The lowest BCUT2D eigenvalue weighted by molar-refractivity contribution is 0.562. The molecule has 1 atom stereocenters. The highest BCUT2D eigenvalue weighted by molar-refractivity contribution is 6.33. The molecule has 0 amide bonds. The van der Waals surface area contributed by atoms with Gasteiger partial charge in [-0.3, -0.25) is 0 Å². The van der Waals surface area contributed by atoms with Gasteiger partial charge in [-0.2, -0.15) is 0 Å². The molecule has 2 rings (SSSR count). The zero-order valence-corrected chi connectivity index (χ0v) is 10.1. The highest BCUT2D eigenvalue weighted by Gasteiger charge is 2.08. The van der Waals surface area contributed by atoms with E-state index in [1.807, 2.05) is 31.2 Å². The molecule has 0 saturated heterocycles. The van der Waals surface area contributed by atoms with E-state index in [0.717, 1.165) is 16.3 Å². The van der Waals surface area contributed by atoms with Crippen LogP contribution in [0, 0.1) is 6.92 Å². The van der Waals surface area contributed by atoms with Crippen molar-refractivity contribution in [1.29, 1.82) is 0 Å². The maximum Gasteiger partial charge on any atom is 0.0955 e. The number of hydrogen-bond donors (Lipinski definition) is 1. The van der Waals surface area contributed by atoms with Crippen molar-refractivity contribution in [3.8, 4) is 0 Å². The Morgan fingerprint density at radius 2 is 2.12 bits per heavy atom. The highest BCUT2D eigenvalue weighted by atomic mass is 35.5. The van der Waals surface area contributed by atoms with E-state index >= 15 is 0 Å². The molecule has 0 spiro atoms. The fourth-order valence-electron chi connectivity index (χ4n) is 1.59. The minimum Gasteiger partial charge on any atom is -0.472 e. The first kappa shape index (κ1) is 11.1. The first-order valence-corrected chi connectivity index (χ1v) is 5.59. The molecule has 0 aliphatic rings. The van der Waals surface area contributed by atoms with Crippen LogP contribution in [-0.2, 0) is 0 Å². The minimum absolute atomic E-state index is 0.179. The summed E-state index contributed by atoms with van der Waals surface area (Å²) in [5, 5.41) is 4.10. The fourth-order valence-corrected chi connectivity index (χ4v) is 1.76. The van der Waals surface area contributed by atoms with Crippen LogP contribution in [0.2, 0.25) is 5.02 Å². The number of rotatable bonds is 3. The summed E-state index contributed by atoms with van der Waals surface area (Å²) < 4.78 is 5.05. The van der Waals surface area contributed by atoms with Crippen molar-refractivity contribution in [3.05, 3.63) is 52.9 Å². The molecule has 0 fully saturated rings. The lowest BCUT2D eigenvalue weighted by atomic mass is 10.1. The third-order valence-corrected chi connectivity index (χ3v) is 2.87. The van der Waals surface area contributed by atoms with Crippen LogP contribution in [0.4, 0.5) is 5.69 Å². The Balaban J connectivity index is 2.17. The van der Waals surface area contributed by atoms with Crippen LogP contribution >= 0.6 is 11.6 Å². The van der Waals surface area contributed by atoms with Crippen LogP contribution in [0.1, 0.15) is 24.1 Å². The molecule has 1 heterocycles. The number of nitrogens with one attached hydrogen (secondary N) is 1. The maximum absolute atomic E-state index is 6.12. The first-order valence-electron chi connectivity index (χ1n) is 5.21. The summed E-state index contributed by atoms with van der Waals surface area (Å²) in [4.78, 5) is 0. The molecule has 0 aliphatic carbocycles. The summed E-state index contributed by atoms with van der Waals surface area (Å²) >= 11 is 6.12. The number of benzene rings is 1. The molecule has 1 aromatic carbocycles. The molecule has 84 valence electrons. The molecule has 1 unspecified atom stereocenters. The fraction of sp³-hybridized carbons (Fsp3) is 0.231. The third-order valence-electron chi connectivity index (χ3n) is 2.54. The van der Waals surface area contributed by atoms with Crippen LogP contribution in [-0.4, -0.2) is 0 Å². The lowest BCUT2D eigenvalue weighted by Gasteiger charge is -2.15. The van der Waals surface area contributed by atoms with Gasteiger partial charge in [-0.25, -0.2) is 0 Å². The van der Waals surface area contributed by atoms with Crippen molar-refractivity contribution in [1.82, 2.24) is 0 Å². The second kappa shape index (κ2) is 4.62. The molecule has 0 radical (unpaired) electrons. The average molecular weight is 236 g/mol. The normalized spacial score (nSPS) is 12.4. The SMILES string of the molecule is Cc1ccc(Cl)c(NC(C)c2ccoc2)c1. The van der Waals surface area contributed by atoms with Crippen LogP contribution in [0.5, 0.6) is 0 Å². The van der Waals surface area contributed by atoms with Gasteiger partial charge in [0, 0.05) is 5.56 Å². The van der Waals surface area contributed by atoms with Crippen LogP contribution in [0.3, 0.4) is 0 Å². The van der Waals surface area contributed by atoms with Crippen molar-refractivity contribution in [2.45, 2.75) is 19.9 Å². The molecule has 2 nitrogen and oxygen atoms in total. The number of hydrogen-bond acceptors (Lipinski definition) is 2. The molecule has 0 saturated carbocycles. The second-order valence-electron chi connectivity index (χ2n) is 3.91. The predicted molar refractivity (Wildman–Crippen MR) is 66.9 cm³/mol. The van der Waals surface area contributed by atoms with Crippen molar-refractivity contribution >= 4 is 17.3 Å². The van der Waals surface area contributed by atoms with Gasteiger partial charge in [0.05, 0.1) is 29.3 Å². The third kappa shape index (κ3) is 2.39. The molecular formula is C13H14ClNO. The van der Waals surface area contributed by atoms with E-state index in [1.165, 1.54) is 5.56 Å². The largest absolute Gasteiger partial charge is 0.472 e. The summed E-state index contributed by atoms with van der Waals surface area (Å²) in [6, 6.07) is 8.07. The van der Waals surface area contributed by atoms with Gasteiger partial charge in [-0.05, 0) is 37.6 Å². The quantitative estimate of drug-likeness (QED) is 0.852. The lowest BCUT2D eigenvalue weighted by Crippen LogP contribution is -2.06. The topological polar surface area (TPSA) is 25.2 Å². The number of halogens is 1. The number of anilines is 1. The number of aryl methyl sites for hydroxylation is 1. The van der Waals surface area contributed by atoms with Gasteiger partial charge in [-0.1, -0.05) is 17.7 Å². The Morgan fingerprint density at radius 1 is 1.31 bits per heavy atom. The summed E-state index contributed by atoms with van der Waals surface area (Å²) in [7, 11) is 0. The zero-order chi connectivity index (χ0) is 11.5. The van der Waals surface area contributed by atoms with E-state index in [4.69, 9.17) is 16.0 Å². The van der Waals surface area contributed by atoms with Crippen LogP contribution < -0.4 is 5.32 Å². The van der Waals surface area contributed by atoms with Crippen molar-refractivity contribution in [3.63, 3.8) is 0 Å². The van der Waals surface area contributed by atoms with E-state index in [0.29, 0.717) is 0 Å². The van der Waals surface area contributed by atoms with Gasteiger partial charge >= 0.3 is 0 Å². The summed E-state index contributed by atoms with van der Waals surface area (Å²) in [6.07, 6.45) is 3.41. The van der Waals surface area contributed by atoms with Gasteiger partial charge in [-0.15, -0.1) is 0 Å². The van der Waals surface area contributed by atoms with Gasteiger partial charge in [0.25, 0.3) is 0 Å². The van der Waals surface area contributed by atoms with Gasteiger partial charge in [0.1, 0.15) is 0 Å². The maximum atomic E-state index is 6.12. The molecule has 1 aromatic heterocycles. The molecule has 3 heteroatoms. The van der Waals surface area contributed by atoms with E-state index in [2.05, 4.69) is 12.2 Å². The van der Waals surface area contributed by atoms with E-state index < -0.39 is 0 Å². The second-order valence-corrected chi connectivity index (χ2v) is 4.31. The smallest absolute Gasteiger partial charge is 0.0955 e. The minimum atomic E-state index is 0.179. The van der Waals surface area contributed by atoms with Crippen molar-refractivity contribution < 1.29 is 4.42 Å². The van der Waals surface area contributed by atoms with Gasteiger partial charge < -0.3 is 9.73 Å².